The molecule has 34 heavy (non-hydrogen) atoms. The van der Waals surface area contributed by atoms with Crippen LogP contribution in [0.5, 0.6) is 17.2 Å². The van der Waals surface area contributed by atoms with E-state index in [0.717, 1.165) is 30.9 Å². The molecule has 0 saturated carbocycles. The van der Waals surface area contributed by atoms with Crippen LogP contribution in [0.2, 0.25) is 0 Å². The normalized spacial score (nSPS) is 10.8. The summed E-state index contributed by atoms with van der Waals surface area (Å²) in [5, 5.41) is 0. The topological polar surface area (TPSA) is 44.8 Å². The molecule has 0 aliphatic carbocycles. The largest absolute Gasteiger partial charge is 0.494 e. The summed E-state index contributed by atoms with van der Waals surface area (Å²) in [6, 6.07) is 14.4. The third-order valence-corrected chi connectivity index (χ3v) is 5.91. The molecule has 0 saturated heterocycles. The molecule has 0 heterocycles. The zero-order chi connectivity index (χ0) is 24.3. The lowest BCUT2D eigenvalue weighted by molar-refractivity contribution is 0.0734. The quantitative estimate of drug-likeness (QED) is 0.117. The van der Waals surface area contributed by atoms with Gasteiger partial charge in [-0.15, -0.1) is 0 Å². The first-order valence-corrected chi connectivity index (χ1v) is 13.4. The molecule has 0 aliphatic rings. The van der Waals surface area contributed by atoms with Gasteiger partial charge in [-0.2, -0.15) is 0 Å². The summed E-state index contributed by atoms with van der Waals surface area (Å²) in [6.45, 7) is 5.90. The third-order valence-electron chi connectivity index (χ3n) is 5.91. The minimum atomic E-state index is -0.376. The van der Waals surface area contributed by atoms with E-state index >= 15 is 0 Å². The molecule has 4 nitrogen and oxygen atoms in total. The Morgan fingerprint density at radius 3 is 1.38 bits per heavy atom. The number of benzene rings is 2. The highest BCUT2D eigenvalue weighted by molar-refractivity contribution is 5.91. The molecule has 0 N–H and O–H groups in total. The molecule has 2 aromatic carbocycles. The summed E-state index contributed by atoms with van der Waals surface area (Å²) in [5.41, 5.74) is 0.506. The number of unbranched alkanes of at least 4 members (excludes halogenated alkanes) is 11. The number of carbonyl (C=O) groups excluding carboxylic acids is 1. The van der Waals surface area contributed by atoms with Gasteiger partial charge in [-0.05, 0) is 61.4 Å². The van der Waals surface area contributed by atoms with Crippen molar-refractivity contribution in [2.75, 3.05) is 13.2 Å². The van der Waals surface area contributed by atoms with Gasteiger partial charge < -0.3 is 14.2 Å². The summed E-state index contributed by atoms with van der Waals surface area (Å²) in [7, 11) is 0. The minimum Gasteiger partial charge on any atom is -0.494 e. The second-order valence-electron chi connectivity index (χ2n) is 8.97. The molecule has 0 atom stereocenters. The van der Waals surface area contributed by atoms with Crippen molar-refractivity contribution in [2.24, 2.45) is 0 Å². The smallest absolute Gasteiger partial charge is 0.343 e. The van der Waals surface area contributed by atoms with E-state index in [0.29, 0.717) is 17.9 Å². The van der Waals surface area contributed by atoms with E-state index in [-0.39, 0.29) is 5.97 Å². The van der Waals surface area contributed by atoms with Gasteiger partial charge in [-0.25, -0.2) is 4.79 Å². The number of esters is 1. The number of carbonyl (C=O) groups is 1. The molecule has 0 amide bonds. The number of ether oxygens (including phenoxy) is 3. The van der Waals surface area contributed by atoms with Crippen molar-refractivity contribution in [3.05, 3.63) is 54.1 Å². The fraction of sp³-hybridized carbons (Fsp3) is 0.567. The van der Waals surface area contributed by atoms with Gasteiger partial charge in [0.1, 0.15) is 17.2 Å². The van der Waals surface area contributed by atoms with Crippen molar-refractivity contribution in [2.45, 2.75) is 97.3 Å². The second kappa shape index (κ2) is 17.9. The van der Waals surface area contributed by atoms with E-state index in [1.807, 2.05) is 24.3 Å². The second-order valence-corrected chi connectivity index (χ2v) is 8.97. The lowest BCUT2D eigenvalue weighted by Gasteiger charge is -2.09. The molecule has 0 unspecified atom stereocenters. The standard InChI is InChI=1S/C30H44O4/c1-3-5-7-9-10-11-13-15-25-32-27-18-16-26(17-19-27)30(31)34-29-22-20-28(21-23-29)33-24-14-12-8-6-4-2/h16-23H,3-15,24-25H2,1-2H3. The van der Waals surface area contributed by atoms with Gasteiger partial charge in [0, 0.05) is 0 Å². The number of hydrogen-bond acceptors (Lipinski definition) is 4. The molecule has 2 rings (SSSR count). The van der Waals surface area contributed by atoms with Gasteiger partial charge in [0.25, 0.3) is 0 Å². The van der Waals surface area contributed by atoms with Crippen LogP contribution in [0.15, 0.2) is 48.5 Å². The van der Waals surface area contributed by atoms with Crippen molar-refractivity contribution in [3.63, 3.8) is 0 Å². The fourth-order valence-corrected chi connectivity index (χ4v) is 3.78. The molecule has 2 aromatic rings. The molecule has 0 spiro atoms. The average Bonchev–Trinajstić information content (AvgIpc) is 2.86. The highest BCUT2D eigenvalue weighted by Gasteiger charge is 2.09. The molecule has 0 radical (unpaired) electrons. The van der Waals surface area contributed by atoms with Crippen molar-refractivity contribution < 1.29 is 19.0 Å². The number of hydrogen-bond donors (Lipinski definition) is 0. The van der Waals surface area contributed by atoms with Crippen LogP contribution in [-0.2, 0) is 0 Å². The van der Waals surface area contributed by atoms with E-state index in [2.05, 4.69) is 13.8 Å². The van der Waals surface area contributed by atoms with Crippen molar-refractivity contribution >= 4 is 5.97 Å². The summed E-state index contributed by atoms with van der Waals surface area (Å²) < 4.78 is 17.1. The monoisotopic (exact) mass is 468 g/mol. The predicted octanol–water partition coefficient (Wildman–Crippen LogP) is 8.77. The molecule has 0 aromatic heterocycles. The molecule has 0 bridgehead atoms. The van der Waals surface area contributed by atoms with Crippen LogP contribution < -0.4 is 14.2 Å². The van der Waals surface area contributed by atoms with E-state index in [9.17, 15) is 4.79 Å². The maximum Gasteiger partial charge on any atom is 0.343 e. The number of rotatable bonds is 19. The van der Waals surface area contributed by atoms with Gasteiger partial charge >= 0.3 is 5.97 Å². The van der Waals surface area contributed by atoms with Crippen molar-refractivity contribution in [1.82, 2.24) is 0 Å². The van der Waals surface area contributed by atoms with Gasteiger partial charge in [0.05, 0.1) is 18.8 Å². The Kier molecular flexibility index (Phi) is 14.6. The Bertz CT molecular complexity index is 767. The Morgan fingerprint density at radius 1 is 0.529 bits per heavy atom. The molecule has 4 heteroatoms. The fourth-order valence-electron chi connectivity index (χ4n) is 3.78. The van der Waals surface area contributed by atoms with Gasteiger partial charge in [-0.3, -0.25) is 0 Å². The first kappa shape index (κ1) is 27.8. The summed E-state index contributed by atoms with van der Waals surface area (Å²) in [6.07, 6.45) is 16.3. The predicted molar refractivity (Wildman–Crippen MR) is 140 cm³/mol. The van der Waals surface area contributed by atoms with Gasteiger partial charge in [-0.1, -0.05) is 84.5 Å². The third kappa shape index (κ3) is 12.1. The van der Waals surface area contributed by atoms with Crippen LogP contribution in [0.25, 0.3) is 0 Å². The van der Waals surface area contributed by atoms with Crippen molar-refractivity contribution in [3.8, 4) is 17.2 Å². The zero-order valence-corrected chi connectivity index (χ0v) is 21.4. The molecule has 0 aliphatic heterocycles. The van der Waals surface area contributed by atoms with Gasteiger partial charge in [0.15, 0.2) is 0 Å². The van der Waals surface area contributed by atoms with E-state index in [1.54, 1.807) is 24.3 Å². The Balaban J connectivity index is 1.62. The van der Waals surface area contributed by atoms with Crippen LogP contribution in [0.3, 0.4) is 0 Å². The highest BCUT2D eigenvalue weighted by Crippen LogP contribution is 2.20. The molecule has 0 fully saturated rings. The van der Waals surface area contributed by atoms with Crippen LogP contribution >= 0.6 is 0 Å². The Hall–Kier alpha value is -2.49. The first-order chi connectivity index (χ1) is 16.7. The van der Waals surface area contributed by atoms with Crippen LogP contribution in [0.4, 0.5) is 0 Å². The highest BCUT2D eigenvalue weighted by atomic mass is 16.5. The SMILES string of the molecule is CCCCCCCCCCOc1ccc(C(=O)Oc2ccc(OCCCCCCC)cc2)cc1. The van der Waals surface area contributed by atoms with Crippen LogP contribution in [0.1, 0.15) is 108 Å². The van der Waals surface area contributed by atoms with E-state index in [1.165, 1.54) is 70.6 Å². The Morgan fingerprint density at radius 2 is 0.912 bits per heavy atom. The lowest BCUT2D eigenvalue weighted by atomic mass is 10.1. The maximum atomic E-state index is 12.4. The molecule has 188 valence electrons. The summed E-state index contributed by atoms with van der Waals surface area (Å²) in [5.74, 6) is 1.72. The van der Waals surface area contributed by atoms with Crippen molar-refractivity contribution in [1.29, 1.82) is 0 Å². The molecular weight excluding hydrogens is 424 g/mol. The average molecular weight is 469 g/mol. The first-order valence-electron chi connectivity index (χ1n) is 13.4. The Labute approximate surface area is 207 Å². The van der Waals surface area contributed by atoms with Crippen LogP contribution in [-0.4, -0.2) is 19.2 Å². The van der Waals surface area contributed by atoms with Gasteiger partial charge in [0.2, 0.25) is 0 Å². The maximum absolute atomic E-state index is 12.4. The summed E-state index contributed by atoms with van der Waals surface area (Å²) >= 11 is 0. The van der Waals surface area contributed by atoms with Crippen LogP contribution in [0, 0.1) is 0 Å². The van der Waals surface area contributed by atoms with E-state index < -0.39 is 0 Å². The minimum absolute atomic E-state index is 0.376. The molecular formula is C30H44O4. The lowest BCUT2D eigenvalue weighted by Crippen LogP contribution is -2.08. The van der Waals surface area contributed by atoms with E-state index in [4.69, 9.17) is 14.2 Å². The zero-order valence-electron chi connectivity index (χ0n) is 21.4. The summed E-state index contributed by atoms with van der Waals surface area (Å²) in [4.78, 5) is 12.4.